The zero-order valence-corrected chi connectivity index (χ0v) is 11.8. The van der Waals surface area contributed by atoms with Crippen LogP contribution in [0.3, 0.4) is 0 Å². The number of nitrogens with two attached hydrogens (primary N) is 1. The van der Waals surface area contributed by atoms with Gasteiger partial charge in [0, 0.05) is 11.6 Å². The maximum Gasteiger partial charge on any atom is 0.416 e. The molecule has 6 nitrogen and oxygen atoms in total. The van der Waals surface area contributed by atoms with Gasteiger partial charge in [0.25, 0.3) is 0 Å². The van der Waals surface area contributed by atoms with Gasteiger partial charge in [0.1, 0.15) is 11.4 Å². The van der Waals surface area contributed by atoms with Gasteiger partial charge in [0.15, 0.2) is 11.6 Å². The average Bonchev–Trinajstić information content (AvgIpc) is 2.47. The Kier molecular flexibility index (Phi) is 3.32. The van der Waals surface area contributed by atoms with E-state index >= 15 is 0 Å². The summed E-state index contributed by atoms with van der Waals surface area (Å²) < 4.78 is 19.2. The highest BCUT2D eigenvalue weighted by Crippen LogP contribution is 2.36. The molecule has 3 rings (SSSR count). The lowest BCUT2D eigenvalue weighted by atomic mass is 10.1. The van der Waals surface area contributed by atoms with Crippen LogP contribution in [0.25, 0.3) is 0 Å². The van der Waals surface area contributed by atoms with Gasteiger partial charge in [0.05, 0.1) is 24.5 Å². The Morgan fingerprint density at radius 3 is 3.05 bits per heavy atom. The van der Waals surface area contributed by atoms with Gasteiger partial charge in [-0.05, 0) is 13.0 Å². The van der Waals surface area contributed by atoms with E-state index in [1.807, 2.05) is 0 Å². The van der Waals surface area contributed by atoms with E-state index in [9.17, 15) is 14.3 Å². The number of halogens is 1. The van der Waals surface area contributed by atoms with E-state index in [4.69, 9.17) is 10.5 Å². The fourth-order valence-corrected chi connectivity index (χ4v) is 2.41. The molecule has 2 aromatic rings. The lowest BCUT2D eigenvalue weighted by Gasteiger charge is -2.33. The lowest BCUT2D eigenvalue weighted by molar-refractivity contribution is 0.114. The molecule has 1 aromatic heterocycles. The third kappa shape index (κ3) is 2.30. The second-order valence-electron chi connectivity index (χ2n) is 5.07. The second kappa shape index (κ2) is 5.18. The number of ether oxygens (including phenoxy) is 1. The van der Waals surface area contributed by atoms with E-state index in [1.54, 1.807) is 19.1 Å². The van der Waals surface area contributed by atoms with Crippen molar-refractivity contribution in [2.75, 3.05) is 5.73 Å². The largest absolute Gasteiger partial charge is 0.506 e. The van der Waals surface area contributed by atoms with Crippen molar-refractivity contribution >= 4 is 11.8 Å². The molecule has 22 heavy (non-hydrogen) atoms. The zero-order chi connectivity index (χ0) is 15.9. The Bertz CT molecular complexity index is 751. The van der Waals surface area contributed by atoms with Crippen LogP contribution in [0.2, 0.25) is 0 Å². The van der Waals surface area contributed by atoms with Crippen molar-refractivity contribution in [2.24, 2.45) is 0 Å². The molecule has 2 heterocycles. The molecular formula is C15H14FN3O3. The van der Waals surface area contributed by atoms with Crippen LogP contribution in [0.1, 0.15) is 24.2 Å². The first-order chi connectivity index (χ1) is 10.5. The SMILES string of the molecule is CC1c2ncc(O)cc2OC(=O)N1Cc1cccc(N)c1F. The van der Waals surface area contributed by atoms with E-state index in [-0.39, 0.29) is 23.7 Å². The van der Waals surface area contributed by atoms with E-state index < -0.39 is 18.0 Å². The first-order valence-corrected chi connectivity index (χ1v) is 6.67. The summed E-state index contributed by atoms with van der Waals surface area (Å²) in [5.74, 6) is -0.428. The third-order valence-electron chi connectivity index (χ3n) is 3.61. The van der Waals surface area contributed by atoms with Crippen molar-refractivity contribution in [3.8, 4) is 11.5 Å². The lowest BCUT2D eigenvalue weighted by Crippen LogP contribution is -2.39. The number of anilines is 1. The van der Waals surface area contributed by atoms with Gasteiger partial charge in [0.2, 0.25) is 0 Å². The first-order valence-electron chi connectivity index (χ1n) is 6.67. The van der Waals surface area contributed by atoms with Crippen molar-refractivity contribution in [3.05, 3.63) is 47.5 Å². The van der Waals surface area contributed by atoms with Gasteiger partial charge < -0.3 is 15.6 Å². The number of amides is 1. The molecule has 1 atom stereocenters. The number of aromatic nitrogens is 1. The van der Waals surface area contributed by atoms with Crippen LogP contribution in [-0.2, 0) is 6.54 Å². The maximum atomic E-state index is 14.0. The van der Waals surface area contributed by atoms with Crippen LogP contribution in [0, 0.1) is 5.82 Å². The molecule has 3 N–H and O–H groups in total. The Hall–Kier alpha value is -2.83. The van der Waals surface area contributed by atoms with Crippen LogP contribution in [0.5, 0.6) is 11.5 Å². The summed E-state index contributed by atoms with van der Waals surface area (Å²) >= 11 is 0. The van der Waals surface area contributed by atoms with Gasteiger partial charge in [-0.2, -0.15) is 0 Å². The maximum absolute atomic E-state index is 14.0. The van der Waals surface area contributed by atoms with Crippen LogP contribution < -0.4 is 10.5 Å². The summed E-state index contributed by atoms with van der Waals surface area (Å²) in [7, 11) is 0. The quantitative estimate of drug-likeness (QED) is 0.832. The normalized spacial score (nSPS) is 17.1. The summed E-state index contributed by atoms with van der Waals surface area (Å²) in [5.41, 5.74) is 6.36. The number of carbonyl (C=O) groups excluding carboxylic acids is 1. The zero-order valence-electron chi connectivity index (χ0n) is 11.8. The highest BCUT2D eigenvalue weighted by atomic mass is 19.1. The number of benzene rings is 1. The number of pyridine rings is 1. The predicted molar refractivity (Wildman–Crippen MR) is 76.7 cm³/mol. The van der Waals surface area contributed by atoms with Gasteiger partial charge in [-0.15, -0.1) is 0 Å². The molecule has 1 unspecified atom stereocenters. The van der Waals surface area contributed by atoms with Crippen LogP contribution >= 0.6 is 0 Å². The smallest absolute Gasteiger partial charge is 0.416 e. The highest BCUT2D eigenvalue weighted by Gasteiger charge is 2.33. The molecule has 0 saturated heterocycles. The summed E-state index contributed by atoms with van der Waals surface area (Å²) in [6, 6.07) is 5.55. The third-order valence-corrected chi connectivity index (χ3v) is 3.61. The number of rotatable bonds is 2. The predicted octanol–water partition coefficient (Wildman–Crippen LogP) is 2.58. The average molecular weight is 303 g/mol. The molecular weight excluding hydrogens is 289 g/mol. The molecule has 0 saturated carbocycles. The van der Waals surface area contributed by atoms with Gasteiger partial charge in [-0.3, -0.25) is 9.88 Å². The van der Waals surface area contributed by atoms with Crippen molar-refractivity contribution in [1.82, 2.24) is 9.88 Å². The standard InChI is InChI=1S/C15H14FN3O3/c1-8-14-12(5-10(20)6-18-14)22-15(21)19(8)7-9-3-2-4-11(17)13(9)16/h2-6,8,20H,7,17H2,1H3. The Balaban J connectivity index is 1.93. The van der Waals surface area contributed by atoms with Crippen molar-refractivity contribution in [2.45, 2.75) is 19.5 Å². The first kappa shape index (κ1) is 14.1. The number of nitrogens with zero attached hydrogens (tertiary/aromatic N) is 2. The number of hydrogen-bond donors (Lipinski definition) is 2. The fraction of sp³-hybridized carbons (Fsp3) is 0.200. The summed E-state index contributed by atoms with van der Waals surface area (Å²) in [4.78, 5) is 17.6. The van der Waals surface area contributed by atoms with E-state index in [2.05, 4.69) is 4.98 Å². The summed E-state index contributed by atoms with van der Waals surface area (Å²) in [6.45, 7) is 1.77. The van der Waals surface area contributed by atoms with E-state index in [1.165, 1.54) is 23.2 Å². The van der Waals surface area contributed by atoms with Crippen LogP contribution in [-0.4, -0.2) is 21.1 Å². The molecule has 0 aliphatic carbocycles. The fourth-order valence-electron chi connectivity index (χ4n) is 2.41. The van der Waals surface area contributed by atoms with Crippen LogP contribution in [0.4, 0.5) is 14.9 Å². The van der Waals surface area contributed by atoms with Gasteiger partial charge in [-0.25, -0.2) is 9.18 Å². The topological polar surface area (TPSA) is 88.7 Å². The Labute approximate surface area is 125 Å². The van der Waals surface area contributed by atoms with E-state index in [0.29, 0.717) is 11.3 Å². The Morgan fingerprint density at radius 2 is 2.27 bits per heavy atom. The molecule has 0 fully saturated rings. The molecule has 0 radical (unpaired) electrons. The summed E-state index contributed by atoms with van der Waals surface area (Å²) in [6.07, 6.45) is 0.641. The van der Waals surface area contributed by atoms with Crippen LogP contribution in [0.15, 0.2) is 30.5 Å². The minimum atomic E-state index is -0.630. The minimum absolute atomic E-state index is 0.0128. The van der Waals surface area contributed by atoms with Crippen molar-refractivity contribution in [3.63, 3.8) is 0 Å². The molecule has 0 spiro atoms. The number of hydrogen-bond acceptors (Lipinski definition) is 5. The van der Waals surface area contributed by atoms with E-state index in [0.717, 1.165) is 0 Å². The second-order valence-corrected chi connectivity index (χ2v) is 5.07. The van der Waals surface area contributed by atoms with Gasteiger partial charge >= 0.3 is 6.09 Å². The van der Waals surface area contributed by atoms with Gasteiger partial charge in [-0.1, -0.05) is 12.1 Å². The number of fused-ring (bicyclic) bond motifs is 1. The van der Waals surface area contributed by atoms with Crippen molar-refractivity contribution in [1.29, 1.82) is 0 Å². The monoisotopic (exact) mass is 303 g/mol. The molecule has 114 valence electrons. The molecule has 1 aliphatic rings. The molecule has 0 bridgehead atoms. The molecule has 1 amide bonds. The number of carbonyl (C=O) groups is 1. The minimum Gasteiger partial charge on any atom is -0.506 e. The summed E-state index contributed by atoms with van der Waals surface area (Å²) in [5, 5.41) is 9.40. The molecule has 1 aromatic carbocycles. The number of aromatic hydroxyl groups is 1. The Morgan fingerprint density at radius 1 is 1.50 bits per heavy atom. The highest BCUT2D eigenvalue weighted by molar-refractivity contribution is 5.74. The van der Waals surface area contributed by atoms with Crippen molar-refractivity contribution < 1.29 is 19.0 Å². The number of nitrogen functional groups attached to an aromatic ring is 1. The molecule has 1 aliphatic heterocycles. The molecule has 7 heteroatoms.